The van der Waals surface area contributed by atoms with Gasteiger partial charge in [-0.15, -0.1) is 5.10 Å². The SMILES string of the molecule is CC(=O)N[C@H]1C(C(O)C(O)Cn2cc(-c3ccc(-c4ccccc4)cc3)nn2)OC(C(=O)O)=C[C@H]1O. The van der Waals surface area contributed by atoms with Crippen LogP contribution in [0.5, 0.6) is 0 Å². The summed E-state index contributed by atoms with van der Waals surface area (Å²) in [5.74, 6) is -2.58. The summed E-state index contributed by atoms with van der Waals surface area (Å²) in [6.07, 6.45) is -3.51. The molecule has 36 heavy (non-hydrogen) atoms. The van der Waals surface area contributed by atoms with Crippen molar-refractivity contribution in [3.63, 3.8) is 0 Å². The van der Waals surface area contributed by atoms with Gasteiger partial charge in [-0.25, -0.2) is 9.48 Å². The van der Waals surface area contributed by atoms with Crippen LogP contribution >= 0.6 is 0 Å². The third-order valence-electron chi connectivity index (χ3n) is 5.82. The lowest BCUT2D eigenvalue weighted by atomic mass is 9.93. The van der Waals surface area contributed by atoms with Crippen molar-refractivity contribution in [3.05, 3.63) is 72.6 Å². The molecule has 4 rings (SSSR count). The molecule has 1 aliphatic heterocycles. The first kappa shape index (κ1) is 25.0. The van der Waals surface area contributed by atoms with Crippen LogP contribution in [-0.4, -0.2) is 77.8 Å². The van der Waals surface area contributed by atoms with Crippen molar-refractivity contribution in [3.8, 4) is 22.4 Å². The zero-order valence-corrected chi connectivity index (χ0v) is 19.3. The maximum Gasteiger partial charge on any atom is 0.370 e. The Hall–Kier alpha value is -4.06. The molecule has 0 aliphatic carbocycles. The molecular weight excluding hydrogens is 468 g/mol. The molecule has 3 aromatic rings. The lowest BCUT2D eigenvalue weighted by Gasteiger charge is -2.38. The zero-order chi connectivity index (χ0) is 25.8. The van der Waals surface area contributed by atoms with Crippen LogP contribution in [-0.2, 0) is 20.9 Å². The Morgan fingerprint density at radius 1 is 1.06 bits per heavy atom. The zero-order valence-electron chi connectivity index (χ0n) is 19.3. The number of amides is 1. The van der Waals surface area contributed by atoms with Crippen molar-refractivity contribution in [2.75, 3.05) is 0 Å². The number of carbonyl (C=O) groups is 2. The minimum Gasteiger partial charge on any atom is -0.478 e. The Morgan fingerprint density at radius 3 is 2.33 bits per heavy atom. The predicted octanol–water partition coefficient (Wildman–Crippen LogP) is 0.567. The first-order valence-corrected chi connectivity index (χ1v) is 11.2. The van der Waals surface area contributed by atoms with E-state index < -0.39 is 48.1 Å². The summed E-state index contributed by atoms with van der Waals surface area (Å²) in [5, 5.41) is 51.5. The van der Waals surface area contributed by atoms with E-state index in [4.69, 9.17) is 4.74 Å². The minimum atomic E-state index is -1.67. The number of aliphatic carboxylic acids is 1. The molecule has 1 aromatic heterocycles. The first-order chi connectivity index (χ1) is 17.2. The Balaban J connectivity index is 1.46. The number of aliphatic hydroxyl groups is 3. The van der Waals surface area contributed by atoms with Crippen LogP contribution in [0.25, 0.3) is 22.4 Å². The average molecular weight is 495 g/mol. The minimum absolute atomic E-state index is 0.203. The lowest BCUT2D eigenvalue weighted by molar-refractivity contribution is -0.148. The summed E-state index contributed by atoms with van der Waals surface area (Å²) in [5.41, 5.74) is 3.48. The van der Waals surface area contributed by atoms with Gasteiger partial charge in [-0.05, 0) is 17.2 Å². The summed E-state index contributed by atoms with van der Waals surface area (Å²) < 4.78 is 6.63. The van der Waals surface area contributed by atoms with Gasteiger partial charge in [-0.1, -0.05) is 59.8 Å². The maximum atomic E-state index is 11.6. The number of carbonyl (C=O) groups excluding carboxylic acids is 1. The number of aliphatic hydroxyl groups excluding tert-OH is 3. The molecule has 1 amide bonds. The van der Waals surface area contributed by atoms with E-state index >= 15 is 0 Å². The molecule has 11 heteroatoms. The number of carboxylic acid groups (broad SMARTS) is 1. The number of benzene rings is 2. The van der Waals surface area contributed by atoms with E-state index in [0.29, 0.717) is 5.69 Å². The van der Waals surface area contributed by atoms with Crippen LogP contribution in [0.15, 0.2) is 72.6 Å². The number of aromatic nitrogens is 3. The van der Waals surface area contributed by atoms with Gasteiger partial charge in [0.05, 0.1) is 18.8 Å². The highest BCUT2D eigenvalue weighted by Crippen LogP contribution is 2.25. The van der Waals surface area contributed by atoms with Crippen molar-refractivity contribution < 1.29 is 34.8 Å². The summed E-state index contributed by atoms with van der Waals surface area (Å²) in [6, 6.07) is 16.4. The third kappa shape index (κ3) is 5.60. The van der Waals surface area contributed by atoms with E-state index in [9.17, 15) is 30.0 Å². The van der Waals surface area contributed by atoms with Crippen LogP contribution in [0, 0.1) is 0 Å². The van der Waals surface area contributed by atoms with E-state index in [1.54, 1.807) is 6.20 Å². The molecule has 0 bridgehead atoms. The van der Waals surface area contributed by atoms with Gasteiger partial charge in [0, 0.05) is 12.5 Å². The Morgan fingerprint density at radius 2 is 1.69 bits per heavy atom. The summed E-state index contributed by atoms with van der Waals surface area (Å²) in [6.45, 7) is 0.997. The highest BCUT2D eigenvalue weighted by molar-refractivity contribution is 5.84. The van der Waals surface area contributed by atoms with E-state index in [-0.39, 0.29) is 6.54 Å². The topological polar surface area (TPSA) is 167 Å². The number of rotatable bonds is 8. The van der Waals surface area contributed by atoms with Crippen LogP contribution < -0.4 is 5.32 Å². The molecule has 11 nitrogen and oxygen atoms in total. The van der Waals surface area contributed by atoms with Gasteiger partial charge < -0.3 is 30.5 Å². The molecule has 188 valence electrons. The summed E-state index contributed by atoms with van der Waals surface area (Å²) in [7, 11) is 0. The second-order valence-electron chi connectivity index (χ2n) is 8.46. The summed E-state index contributed by atoms with van der Waals surface area (Å²) in [4.78, 5) is 22.9. The summed E-state index contributed by atoms with van der Waals surface area (Å²) >= 11 is 0. The van der Waals surface area contributed by atoms with Crippen molar-refractivity contribution >= 4 is 11.9 Å². The van der Waals surface area contributed by atoms with Crippen molar-refractivity contribution in [1.29, 1.82) is 0 Å². The molecule has 0 spiro atoms. The Labute approximate surface area is 206 Å². The van der Waals surface area contributed by atoms with Crippen LogP contribution in [0.3, 0.4) is 0 Å². The van der Waals surface area contributed by atoms with E-state index in [0.717, 1.165) is 22.8 Å². The number of hydrogen-bond acceptors (Lipinski definition) is 8. The van der Waals surface area contributed by atoms with Gasteiger partial charge in [0.15, 0.2) is 6.10 Å². The Bertz CT molecular complexity index is 1240. The third-order valence-corrected chi connectivity index (χ3v) is 5.82. The number of nitrogens with zero attached hydrogens (tertiary/aromatic N) is 3. The van der Waals surface area contributed by atoms with Gasteiger partial charge in [0.25, 0.3) is 0 Å². The average Bonchev–Trinajstić information content (AvgIpc) is 3.33. The second kappa shape index (κ2) is 10.7. The number of nitrogens with one attached hydrogen (secondary N) is 1. The standard InChI is InChI=1S/C25H26N4O7/c1-14(30)26-22-19(31)11-21(25(34)35)36-24(22)23(33)20(32)13-29-12-18(27-28-29)17-9-7-16(8-10-17)15-5-3-2-4-6-15/h2-12,19-20,22-24,31-33H,13H2,1H3,(H,26,30)(H,34,35)/t19-,20?,22-,23?,24?/m1/s1. The van der Waals surface area contributed by atoms with Crippen molar-refractivity contribution in [1.82, 2.24) is 20.3 Å². The first-order valence-electron chi connectivity index (χ1n) is 11.2. The molecule has 0 saturated carbocycles. The van der Waals surface area contributed by atoms with Crippen LogP contribution in [0.2, 0.25) is 0 Å². The molecule has 0 fully saturated rings. The lowest BCUT2D eigenvalue weighted by Crippen LogP contribution is -2.59. The van der Waals surface area contributed by atoms with Gasteiger partial charge in [-0.2, -0.15) is 0 Å². The monoisotopic (exact) mass is 494 g/mol. The largest absolute Gasteiger partial charge is 0.478 e. The number of hydrogen-bond donors (Lipinski definition) is 5. The second-order valence-corrected chi connectivity index (χ2v) is 8.46. The molecule has 0 saturated heterocycles. The number of carboxylic acids is 1. The number of ether oxygens (including phenoxy) is 1. The maximum absolute atomic E-state index is 11.6. The fraction of sp³-hybridized carbons (Fsp3) is 0.280. The van der Waals surface area contributed by atoms with Gasteiger partial charge >= 0.3 is 5.97 Å². The molecule has 0 radical (unpaired) electrons. The normalized spacial score (nSPS) is 21.1. The van der Waals surface area contributed by atoms with Gasteiger partial charge in [0.1, 0.15) is 24.0 Å². The fourth-order valence-electron chi connectivity index (χ4n) is 4.02. The molecule has 3 unspecified atom stereocenters. The molecular formula is C25H26N4O7. The fourth-order valence-corrected chi connectivity index (χ4v) is 4.02. The van der Waals surface area contributed by atoms with Crippen LogP contribution in [0.1, 0.15) is 6.92 Å². The van der Waals surface area contributed by atoms with Crippen molar-refractivity contribution in [2.45, 2.75) is 43.9 Å². The van der Waals surface area contributed by atoms with Crippen molar-refractivity contribution in [2.24, 2.45) is 0 Å². The molecule has 2 heterocycles. The predicted molar refractivity (Wildman–Crippen MR) is 127 cm³/mol. The molecule has 2 aromatic carbocycles. The molecule has 5 atom stereocenters. The quantitative estimate of drug-likeness (QED) is 0.301. The molecule has 5 N–H and O–H groups in total. The van der Waals surface area contributed by atoms with E-state index in [1.807, 2.05) is 54.6 Å². The highest BCUT2D eigenvalue weighted by atomic mass is 16.5. The van der Waals surface area contributed by atoms with E-state index in [1.165, 1.54) is 11.6 Å². The Kier molecular flexibility index (Phi) is 7.44. The van der Waals surface area contributed by atoms with E-state index in [2.05, 4.69) is 15.6 Å². The van der Waals surface area contributed by atoms with Gasteiger partial charge in [0.2, 0.25) is 11.7 Å². The highest BCUT2D eigenvalue weighted by Gasteiger charge is 2.43. The molecule has 1 aliphatic rings. The van der Waals surface area contributed by atoms with Gasteiger partial charge in [-0.3, -0.25) is 4.79 Å². The smallest absolute Gasteiger partial charge is 0.370 e. The van der Waals surface area contributed by atoms with Crippen LogP contribution in [0.4, 0.5) is 0 Å².